The lowest BCUT2D eigenvalue weighted by molar-refractivity contribution is 0.0983. The van der Waals surface area contributed by atoms with Crippen molar-refractivity contribution in [3.63, 3.8) is 0 Å². The Bertz CT molecular complexity index is 1440. The molecule has 174 valence electrons. The second kappa shape index (κ2) is 8.85. The standard InChI is InChI=1S/C26H25N3O3S2/c1-18(2)17-28(26-27-22-11-4-6-13-24(22)33-26)25(30)20-9-7-10-21(16-20)34(31,32)29-15-14-19-8-3-5-12-23(19)29/h3-13,16,18H,14-15,17H2,1-2H3. The lowest BCUT2D eigenvalue weighted by Crippen LogP contribution is -2.34. The van der Waals surface area contributed by atoms with Crippen LogP contribution in [0.1, 0.15) is 29.8 Å². The average Bonchev–Trinajstić information content (AvgIpc) is 3.47. The number of aromatic nitrogens is 1. The molecule has 6 nitrogen and oxygen atoms in total. The molecule has 0 aliphatic carbocycles. The number of amides is 1. The van der Waals surface area contributed by atoms with E-state index in [-0.39, 0.29) is 16.7 Å². The third kappa shape index (κ3) is 4.08. The highest BCUT2D eigenvalue weighted by molar-refractivity contribution is 7.92. The number of fused-ring (bicyclic) bond motifs is 2. The first kappa shape index (κ1) is 22.6. The van der Waals surface area contributed by atoms with Gasteiger partial charge in [0.25, 0.3) is 15.9 Å². The zero-order chi connectivity index (χ0) is 23.9. The van der Waals surface area contributed by atoms with Crippen LogP contribution in [0.15, 0.2) is 77.7 Å². The molecule has 0 N–H and O–H groups in total. The molecule has 0 spiro atoms. The summed E-state index contributed by atoms with van der Waals surface area (Å²) < 4.78 is 29.4. The smallest absolute Gasteiger partial charge is 0.264 e. The summed E-state index contributed by atoms with van der Waals surface area (Å²) in [4.78, 5) is 20.1. The van der Waals surface area contributed by atoms with Gasteiger partial charge >= 0.3 is 0 Å². The molecule has 1 aromatic heterocycles. The molecular weight excluding hydrogens is 466 g/mol. The van der Waals surface area contributed by atoms with E-state index < -0.39 is 10.0 Å². The summed E-state index contributed by atoms with van der Waals surface area (Å²) in [5.74, 6) is -0.0457. The first-order chi connectivity index (χ1) is 16.3. The van der Waals surface area contributed by atoms with Crippen molar-refractivity contribution in [3.05, 3.63) is 83.9 Å². The van der Waals surface area contributed by atoms with Crippen molar-refractivity contribution >= 4 is 48.3 Å². The lowest BCUT2D eigenvalue weighted by Gasteiger charge is -2.23. The number of nitrogens with zero attached hydrogens (tertiary/aromatic N) is 3. The quantitative estimate of drug-likeness (QED) is 0.365. The Morgan fingerprint density at radius 3 is 2.62 bits per heavy atom. The maximum atomic E-state index is 13.6. The molecule has 1 aliphatic rings. The van der Waals surface area contributed by atoms with Crippen LogP contribution in [0.2, 0.25) is 0 Å². The molecule has 8 heteroatoms. The van der Waals surface area contributed by atoms with Gasteiger partial charge in [-0.1, -0.05) is 61.6 Å². The average molecular weight is 492 g/mol. The molecule has 2 heterocycles. The van der Waals surface area contributed by atoms with Crippen LogP contribution in [0, 0.1) is 5.92 Å². The van der Waals surface area contributed by atoms with E-state index in [0.29, 0.717) is 35.9 Å². The van der Waals surface area contributed by atoms with Crippen molar-refractivity contribution in [1.29, 1.82) is 0 Å². The van der Waals surface area contributed by atoms with E-state index >= 15 is 0 Å². The highest BCUT2D eigenvalue weighted by Gasteiger charge is 2.31. The normalized spacial score (nSPS) is 13.4. The van der Waals surface area contributed by atoms with Gasteiger partial charge in [0, 0.05) is 18.7 Å². The van der Waals surface area contributed by atoms with Gasteiger partial charge in [0.05, 0.1) is 20.8 Å². The predicted octanol–water partition coefficient (Wildman–Crippen LogP) is 5.35. The van der Waals surface area contributed by atoms with E-state index in [0.717, 1.165) is 15.8 Å². The van der Waals surface area contributed by atoms with Gasteiger partial charge in [-0.2, -0.15) is 0 Å². The first-order valence-corrected chi connectivity index (χ1v) is 13.5. The number of sulfonamides is 1. The number of rotatable bonds is 6. The molecule has 0 atom stereocenters. The minimum atomic E-state index is -3.79. The van der Waals surface area contributed by atoms with Gasteiger partial charge in [-0.15, -0.1) is 0 Å². The monoisotopic (exact) mass is 491 g/mol. The van der Waals surface area contributed by atoms with E-state index in [2.05, 4.69) is 4.98 Å². The van der Waals surface area contributed by atoms with Gasteiger partial charge in [-0.3, -0.25) is 14.0 Å². The molecule has 0 bridgehead atoms. The molecule has 34 heavy (non-hydrogen) atoms. The van der Waals surface area contributed by atoms with E-state index in [9.17, 15) is 13.2 Å². The Balaban J connectivity index is 1.50. The van der Waals surface area contributed by atoms with E-state index in [1.807, 2.05) is 62.4 Å². The molecule has 5 rings (SSSR count). The minimum Gasteiger partial charge on any atom is -0.284 e. The largest absolute Gasteiger partial charge is 0.284 e. The van der Waals surface area contributed by atoms with Gasteiger partial charge in [0.2, 0.25) is 0 Å². The zero-order valence-electron chi connectivity index (χ0n) is 19.0. The van der Waals surface area contributed by atoms with Crippen molar-refractivity contribution in [2.45, 2.75) is 25.2 Å². The minimum absolute atomic E-state index is 0.115. The van der Waals surface area contributed by atoms with Crippen LogP contribution in [0.4, 0.5) is 10.8 Å². The van der Waals surface area contributed by atoms with Gasteiger partial charge < -0.3 is 0 Å². The van der Waals surface area contributed by atoms with Crippen molar-refractivity contribution in [3.8, 4) is 0 Å². The molecule has 1 amide bonds. The van der Waals surface area contributed by atoms with E-state index in [1.165, 1.54) is 21.7 Å². The summed E-state index contributed by atoms with van der Waals surface area (Å²) in [5, 5.41) is 0.613. The third-order valence-electron chi connectivity index (χ3n) is 5.82. The fourth-order valence-electron chi connectivity index (χ4n) is 4.22. The van der Waals surface area contributed by atoms with Gasteiger partial charge in [-0.05, 0) is 54.3 Å². The maximum absolute atomic E-state index is 13.6. The topological polar surface area (TPSA) is 70.6 Å². The van der Waals surface area contributed by atoms with Crippen LogP contribution >= 0.6 is 11.3 Å². The van der Waals surface area contributed by atoms with E-state index in [4.69, 9.17) is 0 Å². The molecule has 3 aromatic carbocycles. The van der Waals surface area contributed by atoms with Crippen LogP contribution in [-0.2, 0) is 16.4 Å². The van der Waals surface area contributed by atoms with Crippen molar-refractivity contribution in [2.75, 3.05) is 22.3 Å². The van der Waals surface area contributed by atoms with Gasteiger partial charge in [0.15, 0.2) is 5.13 Å². The number of para-hydroxylation sites is 2. The summed E-state index contributed by atoms with van der Waals surface area (Å²) in [6.45, 7) is 4.96. The number of carbonyl (C=O) groups is 1. The van der Waals surface area contributed by atoms with Crippen LogP contribution in [0.25, 0.3) is 10.2 Å². The van der Waals surface area contributed by atoms with Gasteiger partial charge in [-0.25, -0.2) is 13.4 Å². The van der Waals surface area contributed by atoms with Crippen LogP contribution in [0.5, 0.6) is 0 Å². The number of anilines is 2. The first-order valence-electron chi connectivity index (χ1n) is 11.2. The third-order valence-corrected chi connectivity index (χ3v) is 8.69. The Morgan fingerprint density at radius 2 is 1.82 bits per heavy atom. The Morgan fingerprint density at radius 1 is 1.06 bits per heavy atom. The number of hydrogen-bond acceptors (Lipinski definition) is 5. The fourth-order valence-corrected chi connectivity index (χ4v) is 6.74. The lowest BCUT2D eigenvalue weighted by atomic mass is 10.1. The van der Waals surface area contributed by atoms with Crippen molar-refractivity contribution in [2.24, 2.45) is 5.92 Å². The van der Waals surface area contributed by atoms with Gasteiger partial charge in [0.1, 0.15) is 0 Å². The highest BCUT2D eigenvalue weighted by atomic mass is 32.2. The van der Waals surface area contributed by atoms with Crippen LogP contribution in [0.3, 0.4) is 0 Å². The Kier molecular flexibility index (Phi) is 5.87. The molecule has 0 fully saturated rings. The molecule has 0 unspecified atom stereocenters. The maximum Gasteiger partial charge on any atom is 0.264 e. The summed E-state index contributed by atoms with van der Waals surface area (Å²) in [5.41, 5.74) is 2.88. The predicted molar refractivity (Wildman–Crippen MR) is 137 cm³/mol. The second-order valence-electron chi connectivity index (χ2n) is 8.76. The summed E-state index contributed by atoms with van der Waals surface area (Å²) in [6, 6.07) is 21.6. The molecular formula is C26H25N3O3S2. The molecule has 4 aromatic rings. The molecule has 0 saturated heterocycles. The Hall–Kier alpha value is -3.23. The SMILES string of the molecule is CC(C)CN(C(=O)c1cccc(S(=O)(=O)N2CCc3ccccc32)c1)c1nc2ccccc2s1. The molecule has 0 saturated carbocycles. The van der Waals surface area contributed by atoms with Crippen molar-refractivity contribution < 1.29 is 13.2 Å². The zero-order valence-corrected chi connectivity index (χ0v) is 20.6. The highest BCUT2D eigenvalue weighted by Crippen LogP contribution is 2.34. The summed E-state index contributed by atoms with van der Waals surface area (Å²) in [6.07, 6.45) is 0.674. The Labute approximate surface area is 203 Å². The fraction of sp³-hybridized carbons (Fsp3) is 0.231. The second-order valence-corrected chi connectivity index (χ2v) is 11.6. The van der Waals surface area contributed by atoms with E-state index in [1.54, 1.807) is 23.1 Å². The van der Waals surface area contributed by atoms with Crippen LogP contribution < -0.4 is 9.21 Å². The molecule has 1 aliphatic heterocycles. The molecule has 0 radical (unpaired) electrons. The van der Waals surface area contributed by atoms with Crippen LogP contribution in [-0.4, -0.2) is 32.4 Å². The number of thiazole rings is 1. The number of hydrogen-bond donors (Lipinski definition) is 0. The van der Waals surface area contributed by atoms with Crippen molar-refractivity contribution in [1.82, 2.24) is 4.98 Å². The number of carbonyl (C=O) groups excluding carboxylic acids is 1. The number of benzene rings is 3. The summed E-state index contributed by atoms with van der Waals surface area (Å²) >= 11 is 1.46. The summed E-state index contributed by atoms with van der Waals surface area (Å²) in [7, 11) is -3.79.